The average molecular weight is 368 g/mol. The van der Waals surface area contributed by atoms with Crippen molar-refractivity contribution in [1.29, 1.82) is 0 Å². The molecule has 24 heavy (non-hydrogen) atoms. The first-order valence-electron chi connectivity index (χ1n) is 6.69. The van der Waals surface area contributed by atoms with Crippen LogP contribution in [0.1, 0.15) is 0 Å². The smallest absolute Gasteiger partial charge is 0.292 e. The molecular formula is C15H14ClN3O4S. The van der Waals surface area contributed by atoms with E-state index in [0.29, 0.717) is 22.2 Å². The zero-order chi connectivity index (χ0) is 17.7. The number of methoxy groups -OCH3 is 2. The Morgan fingerprint density at radius 3 is 2.38 bits per heavy atom. The van der Waals surface area contributed by atoms with E-state index in [-0.39, 0.29) is 16.5 Å². The van der Waals surface area contributed by atoms with Gasteiger partial charge in [0.1, 0.15) is 17.2 Å². The van der Waals surface area contributed by atoms with E-state index in [1.807, 2.05) is 0 Å². The van der Waals surface area contributed by atoms with Crippen LogP contribution in [-0.2, 0) is 0 Å². The van der Waals surface area contributed by atoms with Gasteiger partial charge in [-0.1, -0.05) is 23.7 Å². The van der Waals surface area contributed by atoms with Crippen molar-refractivity contribution in [3.8, 4) is 11.5 Å². The van der Waals surface area contributed by atoms with Crippen LogP contribution in [-0.4, -0.2) is 24.3 Å². The lowest BCUT2D eigenvalue weighted by molar-refractivity contribution is -0.383. The molecule has 0 heterocycles. The first kappa shape index (κ1) is 17.8. The van der Waals surface area contributed by atoms with Gasteiger partial charge in [-0.2, -0.15) is 0 Å². The summed E-state index contributed by atoms with van der Waals surface area (Å²) < 4.78 is 10.4. The summed E-state index contributed by atoms with van der Waals surface area (Å²) in [6, 6.07) is 9.39. The first-order chi connectivity index (χ1) is 11.5. The van der Waals surface area contributed by atoms with E-state index in [2.05, 4.69) is 10.6 Å². The largest absolute Gasteiger partial charge is 0.495 e. The molecule has 0 aliphatic heterocycles. The maximum absolute atomic E-state index is 11.0. The maximum atomic E-state index is 11.0. The number of nitro benzene ring substituents is 1. The van der Waals surface area contributed by atoms with Crippen LogP contribution < -0.4 is 20.1 Å². The molecule has 0 atom stereocenters. The summed E-state index contributed by atoms with van der Waals surface area (Å²) in [5.74, 6) is 0.916. The summed E-state index contributed by atoms with van der Waals surface area (Å²) in [5, 5.41) is 17.2. The maximum Gasteiger partial charge on any atom is 0.292 e. The van der Waals surface area contributed by atoms with E-state index in [1.54, 1.807) is 30.3 Å². The van der Waals surface area contributed by atoms with Crippen LogP contribution in [0.15, 0.2) is 36.4 Å². The Morgan fingerprint density at radius 2 is 1.75 bits per heavy atom. The minimum absolute atomic E-state index is 0.0821. The van der Waals surface area contributed by atoms with Crippen molar-refractivity contribution < 1.29 is 14.4 Å². The second kappa shape index (κ2) is 7.80. The van der Waals surface area contributed by atoms with E-state index < -0.39 is 4.92 Å². The Kier molecular flexibility index (Phi) is 5.78. The zero-order valence-electron chi connectivity index (χ0n) is 12.8. The van der Waals surface area contributed by atoms with E-state index in [9.17, 15) is 10.1 Å². The number of benzene rings is 2. The number of nitrogens with zero attached hydrogens (tertiary/aromatic N) is 1. The molecule has 2 N–H and O–H groups in total. The third-order valence-electron chi connectivity index (χ3n) is 3.07. The van der Waals surface area contributed by atoms with Crippen LogP contribution >= 0.6 is 23.8 Å². The predicted molar refractivity (Wildman–Crippen MR) is 97.5 cm³/mol. The normalized spacial score (nSPS) is 9.96. The van der Waals surface area contributed by atoms with Crippen molar-refractivity contribution in [2.75, 3.05) is 24.9 Å². The molecule has 0 spiro atoms. The quantitative estimate of drug-likeness (QED) is 0.468. The monoisotopic (exact) mass is 367 g/mol. The predicted octanol–water partition coefficient (Wildman–Crippen LogP) is 4.07. The Balaban J connectivity index is 2.22. The molecule has 0 unspecified atom stereocenters. The molecule has 0 fully saturated rings. The topological polar surface area (TPSA) is 85.7 Å². The number of rotatable bonds is 5. The summed E-state index contributed by atoms with van der Waals surface area (Å²) in [4.78, 5) is 10.5. The SMILES string of the molecule is COc1cc(OC)c(NC(=S)Nc2ccccc2[N+](=O)[O-])cc1Cl. The molecule has 0 bridgehead atoms. The molecule has 0 radical (unpaired) electrons. The molecule has 0 aliphatic rings. The molecule has 2 rings (SSSR count). The first-order valence-corrected chi connectivity index (χ1v) is 7.47. The van der Waals surface area contributed by atoms with Crippen molar-refractivity contribution in [3.63, 3.8) is 0 Å². The van der Waals surface area contributed by atoms with Crippen molar-refractivity contribution in [1.82, 2.24) is 0 Å². The number of thiocarbonyl (C=S) groups is 1. The molecule has 0 aliphatic carbocycles. The molecule has 0 saturated carbocycles. The number of halogens is 1. The summed E-state index contributed by atoms with van der Waals surface area (Å²) in [6.45, 7) is 0. The van der Waals surface area contributed by atoms with Gasteiger partial charge in [0.05, 0.1) is 29.9 Å². The summed E-state index contributed by atoms with van der Waals surface area (Å²) in [5.41, 5.74) is 0.694. The van der Waals surface area contributed by atoms with Gasteiger partial charge in [-0.05, 0) is 24.4 Å². The van der Waals surface area contributed by atoms with Gasteiger partial charge in [0.2, 0.25) is 0 Å². The van der Waals surface area contributed by atoms with Crippen molar-refractivity contribution in [2.24, 2.45) is 0 Å². The molecular weight excluding hydrogens is 354 g/mol. The highest BCUT2D eigenvalue weighted by atomic mass is 35.5. The van der Waals surface area contributed by atoms with E-state index >= 15 is 0 Å². The zero-order valence-corrected chi connectivity index (χ0v) is 14.4. The van der Waals surface area contributed by atoms with Crippen LogP contribution in [0.4, 0.5) is 17.1 Å². The second-order valence-corrected chi connectivity index (χ2v) is 5.36. The third kappa shape index (κ3) is 4.03. The highest BCUT2D eigenvalue weighted by molar-refractivity contribution is 7.80. The van der Waals surface area contributed by atoms with Gasteiger partial charge in [0.15, 0.2) is 5.11 Å². The van der Waals surface area contributed by atoms with Gasteiger partial charge in [-0.3, -0.25) is 10.1 Å². The Hall–Kier alpha value is -2.58. The average Bonchev–Trinajstić information content (AvgIpc) is 2.55. The standard InChI is InChI=1S/C15H14ClN3O4S/c1-22-13-8-14(23-2)11(7-9(13)16)18-15(24)17-10-5-3-4-6-12(10)19(20)21/h3-8H,1-2H3,(H2,17,18,24). The van der Waals surface area contributed by atoms with Crippen LogP contribution in [0, 0.1) is 10.1 Å². The molecule has 9 heteroatoms. The molecule has 0 amide bonds. The van der Waals surface area contributed by atoms with Crippen LogP contribution in [0.25, 0.3) is 0 Å². The lowest BCUT2D eigenvalue weighted by Crippen LogP contribution is -2.20. The Morgan fingerprint density at radius 1 is 1.12 bits per heavy atom. The van der Waals surface area contributed by atoms with Crippen molar-refractivity contribution in [3.05, 3.63) is 51.5 Å². The summed E-state index contributed by atoms with van der Waals surface area (Å²) in [6.07, 6.45) is 0. The Bertz CT molecular complexity index is 785. The molecule has 7 nitrogen and oxygen atoms in total. The number of hydrogen-bond acceptors (Lipinski definition) is 5. The van der Waals surface area contributed by atoms with E-state index in [4.69, 9.17) is 33.3 Å². The fraction of sp³-hybridized carbons (Fsp3) is 0.133. The minimum atomic E-state index is -0.490. The van der Waals surface area contributed by atoms with E-state index in [1.165, 1.54) is 20.3 Å². The lowest BCUT2D eigenvalue weighted by Gasteiger charge is -2.15. The number of nitrogens with one attached hydrogen (secondary N) is 2. The van der Waals surface area contributed by atoms with Gasteiger partial charge < -0.3 is 20.1 Å². The van der Waals surface area contributed by atoms with Gasteiger partial charge >= 0.3 is 0 Å². The lowest BCUT2D eigenvalue weighted by atomic mass is 10.2. The minimum Gasteiger partial charge on any atom is -0.495 e. The van der Waals surface area contributed by atoms with Crippen LogP contribution in [0.2, 0.25) is 5.02 Å². The fourth-order valence-corrected chi connectivity index (χ4v) is 2.43. The Labute approximate surface area is 148 Å². The molecule has 126 valence electrons. The second-order valence-electron chi connectivity index (χ2n) is 4.54. The highest BCUT2D eigenvalue weighted by Gasteiger charge is 2.15. The summed E-state index contributed by atoms with van der Waals surface area (Å²) >= 11 is 11.3. The molecule has 2 aromatic rings. The van der Waals surface area contributed by atoms with Gasteiger partial charge in [-0.15, -0.1) is 0 Å². The summed E-state index contributed by atoms with van der Waals surface area (Å²) in [7, 11) is 2.99. The molecule has 0 saturated heterocycles. The van der Waals surface area contributed by atoms with Gasteiger partial charge in [0, 0.05) is 12.1 Å². The number of hydrogen-bond donors (Lipinski definition) is 2. The van der Waals surface area contributed by atoms with Crippen LogP contribution in [0.5, 0.6) is 11.5 Å². The van der Waals surface area contributed by atoms with Gasteiger partial charge in [0.25, 0.3) is 5.69 Å². The number of para-hydroxylation sites is 2. The third-order valence-corrected chi connectivity index (χ3v) is 3.57. The number of nitro groups is 1. The number of ether oxygens (including phenoxy) is 2. The fourth-order valence-electron chi connectivity index (χ4n) is 1.97. The van der Waals surface area contributed by atoms with Crippen LogP contribution in [0.3, 0.4) is 0 Å². The van der Waals surface area contributed by atoms with Gasteiger partial charge in [-0.25, -0.2) is 0 Å². The van der Waals surface area contributed by atoms with E-state index in [0.717, 1.165) is 0 Å². The van der Waals surface area contributed by atoms with Crippen molar-refractivity contribution in [2.45, 2.75) is 0 Å². The number of anilines is 2. The van der Waals surface area contributed by atoms with Crippen molar-refractivity contribution >= 4 is 46.0 Å². The molecule has 2 aromatic carbocycles. The molecule has 0 aromatic heterocycles. The highest BCUT2D eigenvalue weighted by Crippen LogP contribution is 2.36.